The molecule has 2 N–H and O–H groups in total. The van der Waals surface area contributed by atoms with E-state index in [1.807, 2.05) is 66.0 Å². The van der Waals surface area contributed by atoms with Gasteiger partial charge in [0, 0.05) is 37.4 Å². The van der Waals surface area contributed by atoms with Crippen LogP contribution in [-0.2, 0) is 0 Å². The lowest BCUT2D eigenvalue weighted by Crippen LogP contribution is -2.11. The third-order valence-electron chi connectivity index (χ3n) is 4.13. The lowest BCUT2D eigenvalue weighted by molar-refractivity contribution is 0.102. The highest BCUT2D eigenvalue weighted by molar-refractivity contribution is 9.10. The first-order valence-corrected chi connectivity index (χ1v) is 10.8. The molecular formula is C22H15BrClN3OS. The van der Waals surface area contributed by atoms with E-state index in [2.05, 4.69) is 31.5 Å². The second-order valence-electron chi connectivity index (χ2n) is 6.21. The molecule has 0 atom stereocenters. The van der Waals surface area contributed by atoms with Gasteiger partial charge in [0.25, 0.3) is 5.91 Å². The number of rotatable bonds is 5. The Balaban J connectivity index is 1.43. The number of aromatic nitrogens is 1. The van der Waals surface area contributed by atoms with Gasteiger partial charge in [-0.1, -0.05) is 45.7 Å². The molecule has 0 unspecified atom stereocenters. The maximum absolute atomic E-state index is 12.3. The zero-order valence-corrected chi connectivity index (χ0v) is 18.2. The van der Waals surface area contributed by atoms with Gasteiger partial charge in [-0.2, -0.15) is 0 Å². The van der Waals surface area contributed by atoms with Crippen LogP contribution < -0.4 is 10.6 Å². The molecule has 4 aromatic rings. The van der Waals surface area contributed by atoms with E-state index in [9.17, 15) is 4.79 Å². The van der Waals surface area contributed by atoms with Gasteiger partial charge in [-0.15, -0.1) is 11.3 Å². The number of amides is 1. The van der Waals surface area contributed by atoms with Crippen molar-refractivity contribution in [3.63, 3.8) is 0 Å². The van der Waals surface area contributed by atoms with Gasteiger partial charge < -0.3 is 10.6 Å². The van der Waals surface area contributed by atoms with Crippen LogP contribution in [0, 0.1) is 0 Å². The smallest absolute Gasteiger partial charge is 0.255 e. The number of thiazole rings is 1. The predicted molar refractivity (Wildman–Crippen MR) is 124 cm³/mol. The van der Waals surface area contributed by atoms with Crippen molar-refractivity contribution in [2.24, 2.45) is 0 Å². The zero-order chi connectivity index (χ0) is 20.2. The number of carbonyl (C=O) groups excluding carboxylic acids is 1. The highest BCUT2D eigenvalue weighted by atomic mass is 79.9. The first-order valence-electron chi connectivity index (χ1n) is 8.72. The highest BCUT2D eigenvalue weighted by Gasteiger charge is 2.08. The second-order valence-corrected chi connectivity index (χ2v) is 8.42. The molecule has 4 nitrogen and oxygen atoms in total. The summed E-state index contributed by atoms with van der Waals surface area (Å²) in [6, 6.07) is 22.4. The summed E-state index contributed by atoms with van der Waals surface area (Å²) in [5.41, 5.74) is 4.07. The summed E-state index contributed by atoms with van der Waals surface area (Å²) in [5, 5.41) is 9.61. The number of anilines is 3. The molecule has 0 spiro atoms. The van der Waals surface area contributed by atoms with Crippen LogP contribution >= 0.6 is 38.9 Å². The normalized spacial score (nSPS) is 10.6. The zero-order valence-electron chi connectivity index (χ0n) is 15.0. The minimum Gasteiger partial charge on any atom is -0.331 e. The van der Waals surface area contributed by atoms with Gasteiger partial charge in [-0.05, 0) is 54.6 Å². The van der Waals surface area contributed by atoms with E-state index < -0.39 is 0 Å². The van der Waals surface area contributed by atoms with Crippen LogP contribution in [-0.4, -0.2) is 10.9 Å². The largest absolute Gasteiger partial charge is 0.331 e. The van der Waals surface area contributed by atoms with E-state index >= 15 is 0 Å². The molecule has 1 aromatic heterocycles. The third-order valence-corrected chi connectivity index (χ3v) is 5.65. The number of nitrogens with zero attached hydrogens (tertiary/aromatic N) is 1. The van der Waals surface area contributed by atoms with Crippen molar-refractivity contribution in [2.45, 2.75) is 0 Å². The molecule has 0 radical (unpaired) electrons. The molecule has 7 heteroatoms. The third kappa shape index (κ3) is 5.03. The molecule has 0 fully saturated rings. The minimum atomic E-state index is -0.146. The first kappa shape index (κ1) is 19.6. The fraction of sp³-hybridized carbons (Fsp3) is 0. The molecule has 0 saturated carbocycles. The number of nitrogens with one attached hydrogen (secondary N) is 2. The van der Waals surface area contributed by atoms with Crippen molar-refractivity contribution >= 4 is 61.3 Å². The summed E-state index contributed by atoms with van der Waals surface area (Å²) in [6.45, 7) is 0. The van der Waals surface area contributed by atoms with Crippen molar-refractivity contribution in [1.29, 1.82) is 0 Å². The Morgan fingerprint density at radius 3 is 2.45 bits per heavy atom. The molecule has 0 aliphatic carbocycles. The fourth-order valence-corrected chi connectivity index (χ4v) is 3.88. The maximum atomic E-state index is 12.3. The van der Waals surface area contributed by atoms with E-state index in [1.165, 1.54) is 11.3 Å². The van der Waals surface area contributed by atoms with Crippen LogP contribution in [0.15, 0.2) is 82.6 Å². The molecule has 1 amide bonds. The fourth-order valence-electron chi connectivity index (χ4n) is 2.68. The molecule has 0 bridgehead atoms. The number of hydrogen-bond donors (Lipinski definition) is 2. The van der Waals surface area contributed by atoms with Gasteiger partial charge in [0.15, 0.2) is 5.13 Å². The number of halogens is 2. The average molecular weight is 485 g/mol. The molecule has 0 aliphatic rings. The van der Waals surface area contributed by atoms with Gasteiger partial charge in [-0.25, -0.2) is 4.98 Å². The van der Waals surface area contributed by atoms with Crippen molar-refractivity contribution in [3.8, 4) is 11.3 Å². The van der Waals surface area contributed by atoms with Crippen LogP contribution in [0.3, 0.4) is 0 Å². The van der Waals surface area contributed by atoms with Crippen molar-refractivity contribution in [2.75, 3.05) is 10.6 Å². The predicted octanol–water partition coefficient (Wildman–Crippen LogP) is 7.22. The Kier molecular flexibility index (Phi) is 5.94. The molecule has 4 rings (SSSR count). The highest BCUT2D eigenvalue weighted by Crippen LogP contribution is 2.28. The molecule has 144 valence electrons. The van der Waals surface area contributed by atoms with E-state index in [4.69, 9.17) is 11.6 Å². The molecule has 1 heterocycles. The first-order chi connectivity index (χ1) is 14.1. The molecule has 29 heavy (non-hydrogen) atoms. The molecule has 0 aliphatic heterocycles. The van der Waals surface area contributed by atoms with Gasteiger partial charge in [0.05, 0.1) is 5.69 Å². The van der Waals surface area contributed by atoms with Gasteiger partial charge in [0.1, 0.15) is 0 Å². The summed E-state index contributed by atoms with van der Waals surface area (Å²) in [4.78, 5) is 17.0. The quantitative estimate of drug-likeness (QED) is 0.314. The van der Waals surface area contributed by atoms with Crippen LogP contribution in [0.4, 0.5) is 16.5 Å². The summed E-state index contributed by atoms with van der Waals surface area (Å²) in [6.07, 6.45) is 0. The van der Waals surface area contributed by atoms with E-state index in [0.717, 1.165) is 32.2 Å². The summed E-state index contributed by atoms with van der Waals surface area (Å²) in [7, 11) is 0. The SMILES string of the molecule is O=C(Nc1ccc(-c2csc(Nc3cccc(Cl)c3)n2)cc1)c1ccc(Br)cc1. The van der Waals surface area contributed by atoms with Crippen LogP contribution in [0.5, 0.6) is 0 Å². The number of carbonyl (C=O) groups is 1. The lowest BCUT2D eigenvalue weighted by atomic mass is 10.1. The number of hydrogen-bond acceptors (Lipinski definition) is 4. The Labute approximate surface area is 185 Å². The molecule has 3 aromatic carbocycles. The maximum Gasteiger partial charge on any atom is 0.255 e. The van der Waals surface area contributed by atoms with Crippen LogP contribution in [0.2, 0.25) is 5.02 Å². The van der Waals surface area contributed by atoms with E-state index in [0.29, 0.717) is 10.6 Å². The molecular weight excluding hydrogens is 470 g/mol. The topological polar surface area (TPSA) is 54.0 Å². The Hall–Kier alpha value is -2.67. The Bertz CT molecular complexity index is 1140. The van der Waals surface area contributed by atoms with Gasteiger partial charge >= 0.3 is 0 Å². The summed E-state index contributed by atoms with van der Waals surface area (Å²) >= 11 is 10.9. The van der Waals surface area contributed by atoms with Crippen LogP contribution in [0.1, 0.15) is 10.4 Å². The standard InChI is InChI=1S/C22H15BrClN3OS/c23-16-8-4-15(5-9-16)21(28)25-18-10-6-14(7-11-18)20-13-29-22(27-20)26-19-3-1-2-17(24)12-19/h1-13H,(H,25,28)(H,26,27). The van der Waals surface area contributed by atoms with Crippen LogP contribution in [0.25, 0.3) is 11.3 Å². The monoisotopic (exact) mass is 483 g/mol. The Morgan fingerprint density at radius 2 is 1.72 bits per heavy atom. The average Bonchev–Trinajstić information content (AvgIpc) is 3.17. The summed E-state index contributed by atoms with van der Waals surface area (Å²) in [5.74, 6) is -0.146. The minimum absolute atomic E-state index is 0.146. The lowest BCUT2D eigenvalue weighted by Gasteiger charge is -2.06. The van der Waals surface area contributed by atoms with Crippen molar-refractivity contribution in [1.82, 2.24) is 4.98 Å². The second kappa shape index (κ2) is 8.78. The van der Waals surface area contributed by atoms with Gasteiger partial charge in [0.2, 0.25) is 0 Å². The van der Waals surface area contributed by atoms with Crippen molar-refractivity contribution in [3.05, 3.63) is 93.2 Å². The van der Waals surface area contributed by atoms with E-state index in [1.54, 1.807) is 12.1 Å². The number of benzene rings is 3. The summed E-state index contributed by atoms with van der Waals surface area (Å²) < 4.78 is 0.936. The van der Waals surface area contributed by atoms with Gasteiger partial charge in [-0.3, -0.25) is 4.79 Å². The Morgan fingerprint density at radius 1 is 0.966 bits per heavy atom. The van der Waals surface area contributed by atoms with Crippen molar-refractivity contribution < 1.29 is 4.79 Å². The van der Waals surface area contributed by atoms with E-state index in [-0.39, 0.29) is 5.91 Å². The molecule has 0 saturated heterocycles.